The zero-order valence-corrected chi connectivity index (χ0v) is 10.6. The largest absolute Gasteiger partial charge is 0.435 e. The first-order chi connectivity index (χ1) is 9.22. The van der Waals surface area contributed by atoms with Crippen molar-refractivity contribution in [2.24, 2.45) is 0 Å². The van der Waals surface area contributed by atoms with Gasteiger partial charge in [-0.15, -0.1) is 0 Å². The second-order valence-corrected chi connectivity index (χ2v) is 4.42. The molecule has 19 heavy (non-hydrogen) atoms. The van der Waals surface area contributed by atoms with Crippen LogP contribution in [0.25, 0.3) is 11.0 Å². The van der Waals surface area contributed by atoms with Crippen LogP contribution in [-0.2, 0) is 0 Å². The fourth-order valence-electron chi connectivity index (χ4n) is 1.70. The van der Waals surface area contributed by atoms with E-state index in [2.05, 4.69) is 9.97 Å². The molecule has 0 saturated heterocycles. The van der Waals surface area contributed by atoms with E-state index in [4.69, 9.17) is 22.1 Å². The Hall–Kier alpha value is -2.33. The van der Waals surface area contributed by atoms with Crippen molar-refractivity contribution >= 4 is 28.3 Å². The number of nitrogens with zero attached hydrogens (tertiary/aromatic N) is 2. The van der Waals surface area contributed by atoms with Gasteiger partial charge in [0.1, 0.15) is 0 Å². The average molecular weight is 272 g/mol. The molecule has 2 aromatic carbocycles. The van der Waals surface area contributed by atoms with Gasteiger partial charge in [-0.05, 0) is 24.3 Å². The van der Waals surface area contributed by atoms with Gasteiger partial charge in [-0.25, -0.2) is 9.97 Å². The van der Waals surface area contributed by atoms with Crippen molar-refractivity contribution in [1.82, 2.24) is 9.97 Å². The molecule has 0 radical (unpaired) electrons. The lowest BCUT2D eigenvalue weighted by Gasteiger charge is -2.08. The van der Waals surface area contributed by atoms with Crippen LogP contribution in [0.1, 0.15) is 0 Å². The second kappa shape index (κ2) is 4.74. The van der Waals surface area contributed by atoms with Gasteiger partial charge in [0.15, 0.2) is 5.75 Å². The van der Waals surface area contributed by atoms with E-state index in [-0.39, 0.29) is 0 Å². The maximum atomic E-state index is 5.91. The molecule has 94 valence electrons. The number of aromatic nitrogens is 2. The number of fused-ring (bicyclic) bond motifs is 1. The van der Waals surface area contributed by atoms with Crippen LogP contribution < -0.4 is 10.5 Å². The minimum atomic E-state index is 0.382. The van der Waals surface area contributed by atoms with E-state index in [1.165, 1.54) is 0 Å². The van der Waals surface area contributed by atoms with Crippen LogP contribution in [0.2, 0.25) is 5.02 Å². The van der Waals surface area contributed by atoms with Crippen molar-refractivity contribution in [3.05, 3.63) is 53.7 Å². The fourth-order valence-corrected chi connectivity index (χ4v) is 1.86. The van der Waals surface area contributed by atoms with E-state index in [9.17, 15) is 0 Å². The summed E-state index contributed by atoms with van der Waals surface area (Å²) < 4.78 is 5.62. The standard InChI is InChI=1S/C14H10ClN3O/c15-9-5-6-10(16)13(7-9)19-14-8-17-11-3-1-2-4-12(11)18-14/h1-8H,16H2. The topological polar surface area (TPSA) is 61.0 Å². The van der Waals surface area contributed by atoms with Crippen molar-refractivity contribution in [1.29, 1.82) is 0 Å². The van der Waals surface area contributed by atoms with Crippen LogP contribution in [0.5, 0.6) is 11.6 Å². The van der Waals surface area contributed by atoms with Gasteiger partial charge in [0, 0.05) is 11.1 Å². The van der Waals surface area contributed by atoms with Gasteiger partial charge in [0.2, 0.25) is 5.88 Å². The van der Waals surface area contributed by atoms with Crippen LogP contribution in [0.3, 0.4) is 0 Å². The number of ether oxygens (including phenoxy) is 1. The molecule has 1 heterocycles. The highest BCUT2D eigenvalue weighted by atomic mass is 35.5. The van der Waals surface area contributed by atoms with Crippen molar-refractivity contribution in [2.45, 2.75) is 0 Å². The van der Waals surface area contributed by atoms with Crippen LogP contribution >= 0.6 is 11.6 Å². The van der Waals surface area contributed by atoms with Crippen molar-refractivity contribution < 1.29 is 4.74 Å². The monoisotopic (exact) mass is 271 g/mol. The molecule has 0 unspecified atom stereocenters. The number of para-hydroxylation sites is 2. The molecular formula is C14H10ClN3O. The lowest BCUT2D eigenvalue weighted by atomic mass is 10.3. The highest BCUT2D eigenvalue weighted by molar-refractivity contribution is 6.30. The maximum Gasteiger partial charge on any atom is 0.238 e. The summed E-state index contributed by atoms with van der Waals surface area (Å²) in [6, 6.07) is 12.6. The van der Waals surface area contributed by atoms with Crippen LogP contribution in [-0.4, -0.2) is 9.97 Å². The first-order valence-electron chi connectivity index (χ1n) is 5.67. The zero-order valence-electron chi connectivity index (χ0n) is 9.88. The second-order valence-electron chi connectivity index (χ2n) is 3.98. The smallest absolute Gasteiger partial charge is 0.238 e. The third-order valence-electron chi connectivity index (χ3n) is 2.62. The summed E-state index contributed by atoms with van der Waals surface area (Å²) in [7, 11) is 0. The Morgan fingerprint density at radius 2 is 1.84 bits per heavy atom. The molecule has 3 rings (SSSR count). The molecule has 0 aliphatic rings. The number of hydrogen-bond donors (Lipinski definition) is 1. The SMILES string of the molecule is Nc1ccc(Cl)cc1Oc1cnc2ccccc2n1. The van der Waals surface area contributed by atoms with E-state index >= 15 is 0 Å². The van der Waals surface area contributed by atoms with Crippen molar-refractivity contribution in [2.75, 3.05) is 5.73 Å². The van der Waals surface area contributed by atoms with Crippen LogP contribution in [0.4, 0.5) is 5.69 Å². The Morgan fingerprint density at radius 1 is 1.05 bits per heavy atom. The Bertz CT molecular complexity index is 746. The summed E-state index contributed by atoms with van der Waals surface area (Å²) >= 11 is 5.91. The lowest BCUT2D eigenvalue weighted by molar-refractivity contribution is 0.465. The van der Waals surface area contributed by atoms with E-state index in [0.717, 1.165) is 11.0 Å². The molecule has 2 N–H and O–H groups in total. The van der Waals surface area contributed by atoms with Gasteiger partial charge >= 0.3 is 0 Å². The first-order valence-corrected chi connectivity index (χ1v) is 6.05. The van der Waals surface area contributed by atoms with E-state index in [0.29, 0.717) is 22.3 Å². The minimum absolute atomic E-state index is 0.382. The van der Waals surface area contributed by atoms with E-state index in [1.54, 1.807) is 24.4 Å². The normalized spacial score (nSPS) is 10.6. The summed E-state index contributed by atoms with van der Waals surface area (Å²) in [5, 5.41) is 0.554. The number of halogens is 1. The summed E-state index contributed by atoms with van der Waals surface area (Å²) in [6.07, 6.45) is 1.56. The first kappa shape index (κ1) is 11.7. The van der Waals surface area contributed by atoms with Gasteiger partial charge in [0.25, 0.3) is 0 Å². The van der Waals surface area contributed by atoms with Gasteiger partial charge in [-0.2, -0.15) is 0 Å². The molecule has 0 saturated carbocycles. The number of nitrogen functional groups attached to an aromatic ring is 1. The molecule has 3 aromatic rings. The zero-order chi connectivity index (χ0) is 13.2. The van der Waals surface area contributed by atoms with Gasteiger partial charge in [0.05, 0.1) is 22.9 Å². The highest BCUT2D eigenvalue weighted by Gasteiger charge is 2.05. The lowest BCUT2D eigenvalue weighted by Crippen LogP contribution is -1.94. The molecule has 0 aliphatic carbocycles. The number of rotatable bonds is 2. The Morgan fingerprint density at radius 3 is 2.68 bits per heavy atom. The molecule has 0 amide bonds. The average Bonchev–Trinajstić information content (AvgIpc) is 2.43. The molecule has 4 nitrogen and oxygen atoms in total. The fraction of sp³-hybridized carbons (Fsp3) is 0. The van der Waals surface area contributed by atoms with Gasteiger partial charge < -0.3 is 10.5 Å². The number of nitrogens with two attached hydrogens (primary N) is 1. The number of anilines is 1. The number of benzene rings is 2. The molecule has 0 atom stereocenters. The van der Waals surface area contributed by atoms with Crippen molar-refractivity contribution in [3.8, 4) is 11.6 Å². The predicted molar refractivity (Wildman–Crippen MR) is 75.5 cm³/mol. The summed E-state index contributed by atoms with van der Waals surface area (Å²) in [5.74, 6) is 0.852. The van der Waals surface area contributed by atoms with Gasteiger partial charge in [-0.3, -0.25) is 0 Å². The highest BCUT2D eigenvalue weighted by Crippen LogP contribution is 2.29. The molecular weight excluding hydrogens is 262 g/mol. The molecule has 0 fully saturated rings. The van der Waals surface area contributed by atoms with E-state index < -0.39 is 0 Å². The molecule has 5 heteroatoms. The summed E-state index contributed by atoms with van der Waals surface area (Å²) in [4.78, 5) is 8.63. The summed E-state index contributed by atoms with van der Waals surface area (Å²) in [5.41, 5.74) is 7.90. The van der Waals surface area contributed by atoms with Gasteiger partial charge in [-0.1, -0.05) is 23.7 Å². The van der Waals surface area contributed by atoms with Crippen LogP contribution in [0.15, 0.2) is 48.7 Å². The Labute approximate surface area is 114 Å². The molecule has 1 aromatic heterocycles. The minimum Gasteiger partial charge on any atom is -0.435 e. The molecule has 0 bridgehead atoms. The molecule has 0 aliphatic heterocycles. The number of hydrogen-bond acceptors (Lipinski definition) is 4. The third-order valence-corrected chi connectivity index (χ3v) is 2.85. The Kier molecular flexibility index (Phi) is 2.93. The van der Waals surface area contributed by atoms with Crippen molar-refractivity contribution in [3.63, 3.8) is 0 Å². The maximum absolute atomic E-state index is 5.91. The predicted octanol–water partition coefficient (Wildman–Crippen LogP) is 3.66. The third kappa shape index (κ3) is 2.44. The van der Waals surface area contributed by atoms with E-state index in [1.807, 2.05) is 24.3 Å². The quantitative estimate of drug-likeness (QED) is 0.723. The molecule has 0 spiro atoms. The van der Waals surface area contributed by atoms with Crippen LogP contribution in [0, 0.1) is 0 Å². The summed E-state index contributed by atoms with van der Waals surface area (Å²) in [6.45, 7) is 0. The Balaban J connectivity index is 1.98.